The second-order valence-corrected chi connectivity index (χ2v) is 25.3. The van der Waals surface area contributed by atoms with Crippen molar-refractivity contribution in [2.75, 3.05) is 93.9 Å². The first-order chi connectivity index (χ1) is 23.5. The molecule has 0 saturated heterocycles. The first-order valence-electron chi connectivity index (χ1n) is 18.4. The Bertz CT molecular complexity index is 1040. The van der Waals surface area contributed by atoms with E-state index >= 15 is 0 Å². The summed E-state index contributed by atoms with van der Waals surface area (Å²) in [6.45, 7) is 14.7. The van der Waals surface area contributed by atoms with Crippen molar-refractivity contribution in [2.45, 2.75) is 103 Å². The highest BCUT2D eigenvalue weighted by Crippen LogP contribution is 2.19. The highest BCUT2D eigenvalue weighted by atomic mass is 35.5. The van der Waals surface area contributed by atoms with E-state index < -0.39 is 53.0 Å². The number of nitrogens with one attached hydrogen (secondary N) is 2. The van der Waals surface area contributed by atoms with Gasteiger partial charge in [0, 0.05) is 13.1 Å². The molecule has 0 fully saturated rings. The van der Waals surface area contributed by atoms with Crippen molar-refractivity contribution in [2.24, 2.45) is 0 Å². The Labute approximate surface area is 333 Å². The molecule has 316 valence electrons. The molecule has 2 unspecified atom stereocenters. The maximum Gasteiger partial charge on any atom is 0.407 e. The first-order valence-corrected chi connectivity index (χ1v) is 24.9. The molecular formula is C34H72Cl2N4O11Si2. The van der Waals surface area contributed by atoms with Crippen LogP contribution < -0.4 is 35.4 Å². The molecule has 0 spiro atoms. The average molecular weight is 840 g/mol. The molecule has 0 heterocycles. The number of aliphatic hydroxyl groups is 2. The van der Waals surface area contributed by atoms with Gasteiger partial charge in [0.25, 0.3) is 0 Å². The third kappa shape index (κ3) is 34.5. The molecule has 0 aliphatic carbocycles. The van der Waals surface area contributed by atoms with Crippen LogP contribution in [0.25, 0.3) is 0 Å². The Morgan fingerprint density at radius 2 is 0.981 bits per heavy atom. The summed E-state index contributed by atoms with van der Waals surface area (Å²) < 4.78 is 27.6. The van der Waals surface area contributed by atoms with Crippen LogP contribution in [0, 0.1) is 0 Å². The number of halogens is 2. The van der Waals surface area contributed by atoms with Crippen molar-refractivity contribution in [3.63, 3.8) is 0 Å². The lowest BCUT2D eigenvalue weighted by atomic mass is 10.1. The number of amides is 2. The fraction of sp³-hybridized carbons (Fsp3) is 0.882. The number of aliphatic hydroxyl groups excluding tert-OH is 2. The lowest BCUT2D eigenvalue weighted by Crippen LogP contribution is -3.00. The Balaban J connectivity index is -0.0000125. The maximum absolute atomic E-state index is 12.4. The fourth-order valence-corrected chi connectivity index (χ4v) is 13.3. The normalized spacial score (nSPS) is 13.1. The van der Waals surface area contributed by atoms with Gasteiger partial charge < -0.3 is 77.7 Å². The van der Waals surface area contributed by atoms with Crippen LogP contribution in [0.5, 0.6) is 0 Å². The van der Waals surface area contributed by atoms with Crippen LogP contribution in [-0.4, -0.2) is 166 Å². The summed E-state index contributed by atoms with van der Waals surface area (Å²) in [6, 6.07) is 0.929. The van der Waals surface area contributed by atoms with E-state index in [4.69, 9.17) is 23.1 Å². The first kappa shape index (κ1) is 55.6. The SMILES string of the molecule is CCCCNC(=O)OCC(O)COC(=O)C[N+](C)(C)CCCCCC[N+](C)(C)CC(=O)OCC(O)COC(=O)NCCC[Si](C)(C)O[Si](C)(C)C.[Cl-].[Cl-]. The van der Waals surface area contributed by atoms with Gasteiger partial charge in [0.1, 0.15) is 38.6 Å². The second-order valence-electron chi connectivity index (χ2n) is 16.2. The van der Waals surface area contributed by atoms with Crippen LogP contribution in [0.2, 0.25) is 38.8 Å². The molecule has 0 aromatic heterocycles. The summed E-state index contributed by atoms with van der Waals surface area (Å²) in [6.07, 6.45) is 2.88. The zero-order chi connectivity index (χ0) is 39.1. The van der Waals surface area contributed by atoms with Gasteiger partial charge in [0.2, 0.25) is 0 Å². The number of hydrogen-bond acceptors (Lipinski definition) is 11. The van der Waals surface area contributed by atoms with Gasteiger partial charge >= 0.3 is 24.1 Å². The van der Waals surface area contributed by atoms with Crippen LogP contribution in [-0.2, 0) is 32.7 Å². The largest absolute Gasteiger partial charge is 1.00 e. The molecule has 0 aromatic carbocycles. The number of hydrogen-bond donors (Lipinski definition) is 4. The predicted octanol–water partition coefficient (Wildman–Crippen LogP) is -2.79. The van der Waals surface area contributed by atoms with E-state index in [-0.39, 0.29) is 64.3 Å². The molecule has 0 radical (unpaired) electrons. The number of quaternary nitrogens is 2. The summed E-state index contributed by atoms with van der Waals surface area (Å²) in [4.78, 5) is 48.3. The lowest BCUT2D eigenvalue weighted by Gasteiger charge is -2.31. The molecule has 0 rings (SSSR count). The Hall–Kier alpha value is -1.71. The summed E-state index contributed by atoms with van der Waals surface area (Å²) >= 11 is 0. The number of esters is 2. The molecule has 15 nitrogen and oxygen atoms in total. The van der Waals surface area contributed by atoms with Gasteiger partial charge in [-0.05, 0) is 77.3 Å². The molecule has 0 bridgehead atoms. The molecule has 2 amide bonds. The molecule has 0 aromatic rings. The molecular weight excluding hydrogens is 767 g/mol. The number of rotatable bonds is 28. The molecule has 0 aliphatic rings. The number of likely N-dealkylation sites (N-methyl/N-ethyl adjacent to an activating group) is 2. The predicted molar refractivity (Wildman–Crippen MR) is 201 cm³/mol. The van der Waals surface area contributed by atoms with Gasteiger partial charge in [-0.2, -0.15) is 0 Å². The molecule has 19 heteroatoms. The van der Waals surface area contributed by atoms with Gasteiger partial charge in [-0.15, -0.1) is 0 Å². The van der Waals surface area contributed by atoms with Crippen molar-refractivity contribution >= 4 is 40.8 Å². The van der Waals surface area contributed by atoms with Crippen molar-refractivity contribution in [1.29, 1.82) is 0 Å². The highest BCUT2D eigenvalue weighted by molar-refractivity contribution is 6.84. The third-order valence-electron chi connectivity index (χ3n) is 7.69. The van der Waals surface area contributed by atoms with Crippen molar-refractivity contribution in [1.82, 2.24) is 10.6 Å². The van der Waals surface area contributed by atoms with Gasteiger partial charge in [-0.25, -0.2) is 19.2 Å². The zero-order valence-electron chi connectivity index (χ0n) is 34.1. The van der Waals surface area contributed by atoms with E-state index in [1.807, 2.05) is 35.1 Å². The summed E-state index contributed by atoms with van der Waals surface area (Å²) in [5.74, 6) is -0.867. The van der Waals surface area contributed by atoms with Gasteiger partial charge in [-0.1, -0.05) is 13.3 Å². The standard InChI is InChI=1S/C34H70N4O11Si2.2ClH/c1-11-12-18-35-33(43)47-27-29(39)25-45-31(41)23-37(2,3)20-15-13-14-16-21-38(4,5)24-32(42)46-26-30(40)28-48-34(44)36-19-17-22-51(9,10)49-50(6,7)8;;/h29-30,39-40H,11-28H2,1-10H3;2*1H. The van der Waals surface area contributed by atoms with E-state index in [1.165, 1.54) is 0 Å². The van der Waals surface area contributed by atoms with Crippen molar-refractivity contribution in [3.05, 3.63) is 0 Å². The van der Waals surface area contributed by atoms with E-state index in [9.17, 15) is 29.4 Å². The maximum atomic E-state index is 12.4. The van der Waals surface area contributed by atoms with Crippen LogP contribution in [0.1, 0.15) is 51.9 Å². The average Bonchev–Trinajstić information content (AvgIpc) is 2.99. The number of carbonyl (C=O) groups is 4. The number of alkyl carbamates (subject to hydrolysis) is 2. The summed E-state index contributed by atoms with van der Waals surface area (Å²) in [5, 5.41) is 25.4. The van der Waals surface area contributed by atoms with Crippen LogP contribution in [0.4, 0.5) is 9.59 Å². The summed E-state index contributed by atoms with van der Waals surface area (Å²) in [7, 11) is 4.41. The topological polar surface area (TPSA) is 179 Å². The smallest absolute Gasteiger partial charge is 0.407 e. The second kappa shape index (κ2) is 28.7. The molecule has 2 atom stereocenters. The van der Waals surface area contributed by atoms with E-state index in [2.05, 4.69) is 43.4 Å². The lowest BCUT2D eigenvalue weighted by molar-refractivity contribution is -0.884. The van der Waals surface area contributed by atoms with E-state index in [0.717, 1.165) is 64.1 Å². The quantitative estimate of drug-likeness (QED) is 0.0211. The summed E-state index contributed by atoms with van der Waals surface area (Å²) in [5.41, 5.74) is 0. The van der Waals surface area contributed by atoms with E-state index in [0.29, 0.717) is 22.1 Å². The number of ether oxygens (including phenoxy) is 4. The minimum Gasteiger partial charge on any atom is -1.00 e. The molecule has 0 saturated carbocycles. The van der Waals surface area contributed by atoms with Crippen LogP contribution >= 0.6 is 0 Å². The number of nitrogens with zero attached hydrogens (tertiary/aromatic N) is 2. The van der Waals surface area contributed by atoms with E-state index in [1.54, 1.807) is 0 Å². The Kier molecular flexibility index (Phi) is 30.1. The molecule has 0 aliphatic heterocycles. The fourth-order valence-electron chi connectivity index (χ4n) is 5.25. The van der Waals surface area contributed by atoms with Crippen LogP contribution in [0.3, 0.4) is 0 Å². The number of unbranched alkanes of at least 4 members (excludes halogenated alkanes) is 4. The van der Waals surface area contributed by atoms with Gasteiger partial charge in [0.05, 0.1) is 41.3 Å². The van der Waals surface area contributed by atoms with Gasteiger partial charge in [-0.3, -0.25) is 0 Å². The molecule has 53 heavy (non-hydrogen) atoms. The molecule has 4 N–H and O–H groups in total. The van der Waals surface area contributed by atoms with Crippen LogP contribution in [0.15, 0.2) is 0 Å². The third-order valence-corrected chi connectivity index (χ3v) is 13.9. The minimum absolute atomic E-state index is 0. The Morgan fingerprint density at radius 1 is 0.604 bits per heavy atom. The Morgan fingerprint density at radius 3 is 1.36 bits per heavy atom. The van der Waals surface area contributed by atoms with Crippen molar-refractivity contribution in [3.8, 4) is 0 Å². The monoisotopic (exact) mass is 838 g/mol. The highest BCUT2D eigenvalue weighted by Gasteiger charge is 2.29. The number of carbonyl (C=O) groups excluding carboxylic acids is 4. The zero-order valence-corrected chi connectivity index (χ0v) is 37.6. The minimum atomic E-state index is -1.77. The van der Waals surface area contributed by atoms with Crippen molar-refractivity contribution < 1.29 is 86.2 Å². The van der Waals surface area contributed by atoms with Gasteiger partial charge in [0.15, 0.2) is 29.7 Å².